The Kier molecular flexibility index (Phi) is 7.50. The second-order valence-corrected chi connectivity index (χ2v) is 7.18. The summed E-state index contributed by atoms with van der Waals surface area (Å²) in [5, 5.41) is 6.40. The van der Waals surface area contributed by atoms with Crippen LogP contribution >= 0.6 is 0 Å². The lowest BCUT2D eigenvalue weighted by atomic mass is 10.1. The molecule has 0 aliphatic carbocycles. The first kappa shape index (κ1) is 20.7. The molecular formula is C23H31N5O. The van der Waals surface area contributed by atoms with Crippen LogP contribution in [0.1, 0.15) is 18.1 Å². The second-order valence-electron chi connectivity index (χ2n) is 7.18. The summed E-state index contributed by atoms with van der Waals surface area (Å²) >= 11 is 0. The lowest BCUT2D eigenvalue weighted by molar-refractivity contribution is -0.130. The maximum absolute atomic E-state index is 12.6. The molecule has 3 rings (SSSR count). The van der Waals surface area contributed by atoms with E-state index < -0.39 is 0 Å². The van der Waals surface area contributed by atoms with Crippen molar-refractivity contribution >= 4 is 17.6 Å². The predicted molar refractivity (Wildman–Crippen MR) is 119 cm³/mol. The van der Waals surface area contributed by atoms with E-state index in [-0.39, 0.29) is 12.5 Å². The van der Waals surface area contributed by atoms with Crippen LogP contribution in [0.3, 0.4) is 0 Å². The molecule has 0 unspecified atom stereocenters. The van der Waals surface area contributed by atoms with Crippen LogP contribution in [0.2, 0.25) is 0 Å². The molecule has 29 heavy (non-hydrogen) atoms. The quantitative estimate of drug-likeness (QED) is 0.584. The molecule has 1 fully saturated rings. The number of hydrogen-bond acceptors (Lipinski definition) is 3. The third kappa shape index (κ3) is 5.98. The van der Waals surface area contributed by atoms with Crippen LogP contribution in [0.25, 0.3) is 0 Å². The Morgan fingerprint density at radius 2 is 1.66 bits per heavy atom. The Balaban J connectivity index is 1.49. The molecular weight excluding hydrogens is 362 g/mol. The van der Waals surface area contributed by atoms with Gasteiger partial charge >= 0.3 is 0 Å². The van der Waals surface area contributed by atoms with Crippen molar-refractivity contribution in [2.45, 2.75) is 20.4 Å². The molecule has 1 aliphatic rings. The van der Waals surface area contributed by atoms with Gasteiger partial charge in [-0.15, -0.1) is 0 Å². The first-order valence-corrected chi connectivity index (χ1v) is 10.3. The SMILES string of the molecule is CCNC(=NCc1ccccc1C)NCC(=O)N1CCN(c2ccccc2)CC1. The zero-order valence-electron chi connectivity index (χ0n) is 17.4. The van der Waals surface area contributed by atoms with Gasteiger partial charge in [0, 0.05) is 38.4 Å². The number of piperazine rings is 1. The second kappa shape index (κ2) is 10.5. The summed E-state index contributed by atoms with van der Waals surface area (Å²) in [6, 6.07) is 18.6. The molecule has 1 aliphatic heterocycles. The Labute approximate surface area is 173 Å². The third-order valence-corrected chi connectivity index (χ3v) is 5.17. The highest BCUT2D eigenvalue weighted by molar-refractivity contribution is 5.86. The Bertz CT molecular complexity index is 813. The lowest BCUT2D eigenvalue weighted by Gasteiger charge is -2.36. The van der Waals surface area contributed by atoms with Gasteiger partial charge < -0.3 is 20.4 Å². The molecule has 0 bridgehead atoms. The fourth-order valence-electron chi connectivity index (χ4n) is 3.42. The zero-order chi connectivity index (χ0) is 20.5. The normalized spacial score (nSPS) is 14.6. The van der Waals surface area contributed by atoms with Gasteiger partial charge in [-0.25, -0.2) is 4.99 Å². The molecule has 0 saturated carbocycles. The number of nitrogens with zero attached hydrogens (tertiary/aromatic N) is 3. The maximum Gasteiger partial charge on any atom is 0.242 e. The van der Waals surface area contributed by atoms with Gasteiger partial charge in [0.2, 0.25) is 5.91 Å². The smallest absolute Gasteiger partial charge is 0.242 e. The lowest BCUT2D eigenvalue weighted by Crippen LogP contribution is -2.52. The van der Waals surface area contributed by atoms with Crippen LogP contribution in [-0.4, -0.2) is 56.0 Å². The number of rotatable bonds is 6. The van der Waals surface area contributed by atoms with Crippen molar-refractivity contribution in [3.8, 4) is 0 Å². The molecule has 154 valence electrons. The van der Waals surface area contributed by atoms with Gasteiger partial charge in [-0.2, -0.15) is 0 Å². The molecule has 2 aromatic carbocycles. The van der Waals surface area contributed by atoms with Crippen molar-refractivity contribution in [2.24, 2.45) is 4.99 Å². The van der Waals surface area contributed by atoms with Gasteiger partial charge in [0.25, 0.3) is 0 Å². The molecule has 0 aromatic heterocycles. The van der Waals surface area contributed by atoms with Crippen molar-refractivity contribution in [1.29, 1.82) is 0 Å². The Morgan fingerprint density at radius 3 is 2.34 bits per heavy atom. The number of carbonyl (C=O) groups is 1. The summed E-state index contributed by atoms with van der Waals surface area (Å²) in [4.78, 5) is 21.5. The third-order valence-electron chi connectivity index (χ3n) is 5.17. The van der Waals surface area contributed by atoms with E-state index in [0.29, 0.717) is 12.5 Å². The van der Waals surface area contributed by atoms with Crippen LogP contribution in [0.4, 0.5) is 5.69 Å². The Hall–Kier alpha value is -3.02. The van der Waals surface area contributed by atoms with Crippen LogP contribution in [0.5, 0.6) is 0 Å². The predicted octanol–water partition coefficient (Wildman–Crippen LogP) is 2.40. The number of anilines is 1. The average Bonchev–Trinajstić information content (AvgIpc) is 2.77. The van der Waals surface area contributed by atoms with E-state index in [1.54, 1.807) is 0 Å². The van der Waals surface area contributed by atoms with E-state index in [2.05, 4.69) is 63.8 Å². The number of benzene rings is 2. The van der Waals surface area contributed by atoms with Gasteiger partial charge in [-0.1, -0.05) is 42.5 Å². The molecule has 1 amide bonds. The van der Waals surface area contributed by atoms with Crippen molar-refractivity contribution in [3.63, 3.8) is 0 Å². The van der Waals surface area contributed by atoms with Gasteiger partial charge in [-0.05, 0) is 37.1 Å². The van der Waals surface area contributed by atoms with Crippen molar-refractivity contribution in [3.05, 3.63) is 65.7 Å². The number of carbonyl (C=O) groups excluding carboxylic acids is 1. The van der Waals surface area contributed by atoms with E-state index in [0.717, 1.165) is 32.7 Å². The minimum Gasteiger partial charge on any atom is -0.368 e. The van der Waals surface area contributed by atoms with E-state index in [4.69, 9.17) is 0 Å². The van der Waals surface area contributed by atoms with Crippen molar-refractivity contribution in [2.75, 3.05) is 44.2 Å². The van der Waals surface area contributed by atoms with Gasteiger partial charge in [0.1, 0.15) is 0 Å². The molecule has 0 spiro atoms. The summed E-state index contributed by atoms with van der Waals surface area (Å²) in [5.41, 5.74) is 3.63. The van der Waals surface area contributed by atoms with Crippen LogP contribution in [-0.2, 0) is 11.3 Å². The van der Waals surface area contributed by atoms with Gasteiger partial charge in [0.15, 0.2) is 5.96 Å². The summed E-state index contributed by atoms with van der Waals surface area (Å²) in [7, 11) is 0. The summed E-state index contributed by atoms with van der Waals surface area (Å²) in [6.45, 7) is 8.91. The highest BCUT2D eigenvalue weighted by atomic mass is 16.2. The molecule has 1 saturated heterocycles. The van der Waals surface area contributed by atoms with E-state index in [1.807, 2.05) is 30.0 Å². The fourth-order valence-corrected chi connectivity index (χ4v) is 3.42. The average molecular weight is 394 g/mol. The number of hydrogen-bond donors (Lipinski definition) is 2. The minimum atomic E-state index is 0.110. The number of aliphatic imine (C=N–C) groups is 1. The monoisotopic (exact) mass is 393 g/mol. The molecule has 2 N–H and O–H groups in total. The van der Waals surface area contributed by atoms with Crippen molar-refractivity contribution < 1.29 is 4.79 Å². The summed E-state index contributed by atoms with van der Waals surface area (Å²) in [5.74, 6) is 0.784. The number of nitrogens with one attached hydrogen (secondary N) is 2. The van der Waals surface area contributed by atoms with Gasteiger partial charge in [0.05, 0.1) is 13.1 Å². The highest BCUT2D eigenvalue weighted by Gasteiger charge is 2.21. The number of guanidine groups is 1. The fraction of sp³-hybridized carbons (Fsp3) is 0.391. The summed E-state index contributed by atoms with van der Waals surface area (Å²) in [6.07, 6.45) is 0. The van der Waals surface area contributed by atoms with E-state index in [1.165, 1.54) is 16.8 Å². The maximum atomic E-state index is 12.6. The first-order valence-electron chi connectivity index (χ1n) is 10.3. The minimum absolute atomic E-state index is 0.110. The molecule has 1 heterocycles. The number of para-hydroxylation sites is 1. The standard InChI is InChI=1S/C23H31N5O/c1-3-24-23(25-17-20-10-8-7-9-19(20)2)26-18-22(29)28-15-13-27(14-16-28)21-11-5-4-6-12-21/h4-12H,3,13-18H2,1-2H3,(H2,24,25,26). The molecule has 0 atom stereocenters. The highest BCUT2D eigenvalue weighted by Crippen LogP contribution is 2.15. The van der Waals surface area contributed by atoms with Crippen LogP contribution in [0, 0.1) is 6.92 Å². The van der Waals surface area contributed by atoms with Crippen LogP contribution < -0.4 is 15.5 Å². The zero-order valence-corrected chi connectivity index (χ0v) is 17.4. The molecule has 6 heteroatoms. The molecule has 6 nitrogen and oxygen atoms in total. The molecule has 0 radical (unpaired) electrons. The summed E-state index contributed by atoms with van der Waals surface area (Å²) < 4.78 is 0. The Morgan fingerprint density at radius 1 is 0.966 bits per heavy atom. The van der Waals surface area contributed by atoms with Crippen LogP contribution in [0.15, 0.2) is 59.6 Å². The number of amides is 1. The van der Waals surface area contributed by atoms with E-state index in [9.17, 15) is 4.79 Å². The number of aryl methyl sites for hydroxylation is 1. The molecule has 2 aromatic rings. The topological polar surface area (TPSA) is 60.0 Å². The largest absolute Gasteiger partial charge is 0.368 e. The first-order chi connectivity index (χ1) is 14.2. The van der Waals surface area contributed by atoms with Gasteiger partial charge in [-0.3, -0.25) is 4.79 Å². The van der Waals surface area contributed by atoms with Crippen molar-refractivity contribution in [1.82, 2.24) is 15.5 Å². The van der Waals surface area contributed by atoms with E-state index >= 15 is 0 Å².